The second-order valence-electron chi connectivity index (χ2n) is 7.93. The number of rotatable bonds is 3. The first kappa shape index (κ1) is 19.4. The number of terminal acetylenes is 1. The predicted octanol–water partition coefficient (Wildman–Crippen LogP) is 1.29. The van der Waals surface area contributed by atoms with E-state index in [1.54, 1.807) is 4.90 Å². The van der Waals surface area contributed by atoms with E-state index in [4.69, 9.17) is 6.42 Å². The molecule has 29 heavy (non-hydrogen) atoms. The van der Waals surface area contributed by atoms with Gasteiger partial charge in [0.1, 0.15) is 6.04 Å². The molecule has 3 aliphatic rings. The van der Waals surface area contributed by atoms with E-state index in [-0.39, 0.29) is 18.7 Å². The molecule has 1 aromatic carbocycles. The van der Waals surface area contributed by atoms with Crippen molar-refractivity contribution in [3.63, 3.8) is 0 Å². The number of carbonyl (C=O) groups is 3. The first-order chi connectivity index (χ1) is 13.8. The lowest BCUT2D eigenvalue weighted by molar-refractivity contribution is -0.135. The number of halogens is 2. The fourth-order valence-electron chi connectivity index (χ4n) is 4.33. The van der Waals surface area contributed by atoms with Crippen LogP contribution >= 0.6 is 0 Å². The van der Waals surface area contributed by atoms with Gasteiger partial charge in [0, 0.05) is 31.8 Å². The van der Waals surface area contributed by atoms with Gasteiger partial charge >= 0.3 is 0 Å². The highest BCUT2D eigenvalue weighted by molar-refractivity contribution is 5.94. The highest BCUT2D eigenvalue weighted by Gasteiger charge is 2.49. The highest BCUT2D eigenvalue weighted by Crippen LogP contribution is 2.33. The smallest absolute Gasteiger partial charge is 0.268 e. The SMILES string of the molecule is C#CC1CC(F)(F)CN1C(=O)[C@@H]1C[C@@H](CC(=O)N2Cc3ccccc3C2)C(=O)N1. The summed E-state index contributed by atoms with van der Waals surface area (Å²) < 4.78 is 27.3. The molecule has 152 valence electrons. The van der Waals surface area contributed by atoms with Gasteiger partial charge in [-0.3, -0.25) is 14.4 Å². The topological polar surface area (TPSA) is 69.7 Å². The summed E-state index contributed by atoms with van der Waals surface area (Å²) in [5, 5.41) is 2.55. The van der Waals surface area contributed by atoms with Crippen molar-refractivity contribution in [2.75, 3.05) is 6.54 Å². The molecule has 6 nitrogen and oxygen atoms in total. The number of hydrogen-bond acceptors (Lipinski definition) is 3. The van der Waals surface area contributed by atoms with Gasteiger partial charge in [-0.05, 0) is 17.5 Å². The van der Waals surface area contributed by atoms with Crippen LogP contribution in [0.4, 0.5) is 8.78 Å². The maximum atomic E-state index is 13.7. The van der Waals surface area contributed by atoms with E-state index in [9.17, 15) is 23.2 Å². The Balaban J connectivity index is 1.37. The minimum absolute atomic E-state index is 0.0155. The molecule has 4 rings (SSSR count). The molecule has 0 aliphatic carbocycles. The average Bonchev–Trinajstić information content (AvgIpc) is 3.36. The van der Waals surface area contributed by atoms with Crippen LogP contribution in [0.1, 0.15) is 30.4 Å². The van der Waals surface area contributed by atoms with Gasteiger partial charge in [-0.25, -0.2) is 8.78 Å². The van der Waals surface area contributed by atoms with Crippen molar-refractivity contribution in [1.82, 2.24) is 15.1 Å². The lowest BCUT2D eigenvalue weighted by Crippen LogP contribution is -2.46. The molecule has 3 heterocycles. The van der Waals surface area contributed by atoms with E-state index in [1.807, 2.05) is 24.3 Å². The summed E-state index contributed by atoms with van der Waals surface area (Å²) in [7, 11) is 0. The lowest BCUT2D eigenvalue weighted by Gasteiger charge is -2.23. The van der Waals surface area contributed by atoms with Gasteiger partial charge in [-0.1, -0.05) is 30.2 Å². The van der Waals surface area contributed by atoms with E-state index in [2.05, 4.69) is 11.2 Å². The second-order valence-corrected chi connectivity index (χ2v) is 7.93. The number of nitrogens with zero attached hydrogens (tertiary/aromatic N) is 2. The molecular formula is C21H21F2N3O3. The molecule has 1 aromatic rings. The number of hydrogen-bond donors (Lipinski definition) is 1. The number of fused-ring (bicyclic) bond motifs is 1. The van der Waals surface area contributed by atoms with Crippen molar-refractivity contribution in [3.8, 4) is 12.3 Å². The van der Waals surface area contributed by atoms with Gasteiger partial charge < -0.3 is 15.1 Å². The van der Waals surface area contributed by atoms with Crippen molar-refractivity contribution < 1.29 is 23.2 Å². The van der Waals surface area contributed by atoms with Crippen LogP contribution in [0.2, 0.25) is 0 Å². The zero-order chi connectivity index (χ0) is 20.8. The van der Waals surface area contributed by atoms with Crippen LogP contribution in [0.25, 0.3) is 0 Å². The molecule has 3 aliphatic heterocycles. The molecule has 3 atom stereocenters. The molecule has 2 saturated heterocycles. The molecule has 0 saturated carbocycles. The van der Waals surface area contributed by atoms with E-state index < -0.39 is 48.7 Å². The van der Waals surface area contributed by atoms with Gasteiger partial charge in [0.25, 0.3) is 5.92 Å². The summed E-state index contributed by atoms with van der Waals surface area (Å²) in [5.74, 6) is -2.64. The molecule has 1 unspecified atom stereocenters. The molecule has 0 aromatic heterocycles. The van der Waals surface area contributed by atoms with Crippen molar-refractivity contribution in [2.24, 2.45) is 5.92 Å². The number of nitrogens with one attached hydrogen (secondary N) is 1. The summed E-state index contributed by atoms with van der Waals surface area (Å²) >= 11 is 0. The van der Waals surface area contributed by atoms with Gasteiger partial charge in [-0.15, -0.1) is 6.42 Å². The van der Waals surface area contributed by atoms with Crippen LogP contribution in [0.15, 0.2) is 24.3 Å². The minimum atomic E-state index is -3.03. The predicted molar refractivity (Wildman–Crippen MR) is 99.2 cm³/mol. The summed E-state index contributed by atoms with van der Waals surface area (Å²) in [6, 6.07) is 5.84. The summed E-state index contributed by atoms with van der Waals surface area (Å²) in [6.45, 7) is 0.250. The third kappa shape index (κ3) is 3.69. The Hall–Kier alpha value is -2.95. The highest BCUT2D eigenvalue weighted by atomic mass is 19.3. The van der Waals surface area contributed by atoms with Crippen molar-refractivity contribution in [3.05, 3.63) is 35.4 Å². The van der Waals surface area contributed by atoms with Gasteiger partial charge in [0.15, 0.2) is 0 Å². The molecule has 8 heteroatoms. The fraction of sp³-hybridized carbons (Fsp3) is 0.476. The van der Waals surface area contributed by atoms with E-state index in [1.165, 1.54) is 0 Å². The Kier molecular flexibility index (Phi) is 4.77. The zero-order valence-electron chi connectivity index (χ0n) is 15.7. The van der Waals surface area contributed by atoms with Crippen molar-refractivity contribution >= 4 is 17.7 Å². The number of amides is 3. The summed E-state index contributed by atoms with van der Waals surface area (Å²) in [5.41, 5.74) is 2.17. The lowest BCUT2D eigenvalue weighted by atomic mass is 9.99. The Morgan fingerprint density at radius 1 is 1.24 bits per heavy atom. The molecule has 3 amide bonds. The molecule has 2 fully saturated rings. The molecule has 1 N–H and O–H groups in total. The molecule has 0 bridgehead atoms. The van der Waals surface area contributed by atoms with Crippen LogP contribution in [0.3, 0.4) is 0 Å². The van der Waals surface area contributed by atoms with Crippen LogP contribution in [-0.4, -0.2) is 52.1 Å². The van der Waals surface area contributed by atoms with Crippen molar-refractivity contribution in [1.29, 1.82) is 0 Å². The Bertz CT molecular complexity index is 886. The molecular weight excluding hydrogens is 380 g/mol. The van der Waals surface area contributed by atoms with E-state index >= 15 is 0 Å². The maximum absolute atomic E-state index is 13.7. The van der Waals surface area contributed by atoms with E-state index in [0.717, 1.165) is 16.0 Å². The third-order valence-corrected chi connectivity index (χ3v) is 5.87. The zero-order valence-corrected chi connectivity index (χ0v) is 15.7. The third-order valence-electron chi connectivity index (χ3n) is 5.87. The Labute approximate surface area is 167 Å². The first-order valence-corrected chi connectivity index (χ1v) is 9.57. The van der Waals surface area contributed by atoms with Crippen LogP contribution in [0, 0.1) is 18.3 Å². The van der Waals surface area contributed by atoms with Crippen LogP contribution in [0.5, 0.6) is 0 Å². The summed E-state index contributed by atoms with van der Waals surface area (Å²) in [6.07, 6.45) is 4.80. The van der Waals surface area contributed by atoms with Gasteiger partial charge in [0.05, 0.1) is 12.6 Å². The maximum Gasteiger partial charge on any atom is 0.268 e. The standard InChI is InChI=1S/C21H21F2N3O3/c1-2-16-9-21(22,23)12-26(16)20(29)17-7-15(19(28)24-17)8-18(27)25-10-13-5-3-4-6-14(13)11-25/h1,3-6,15-17H,7-12H2,(H,24,28)/t15-,16?,17-/m0/s1. The number of alkyl halides is 2. The Morgan fingerprint density at radius 3 is 2.52 bits per heavy atom. The average molecular weight is 401 g/mol. The monoisotopic (exact) mass is 401 g/mol. The first-order valence-electron chi connectivity index (χ1n) is 9.57. The largest absolute Gasteiger partial charge is 0.344 e. The molecule has 0 radical (unpaired) electrons. The van der Waals surface area contributed by atoms with E-state index in [0.29, 0.717) is 13.1 Å². The minimum Gasteiger partial charge on any atom is -0.344 e. The molecule has 0 spiro atoms. The van der Waals surface area contributed by atoms with Gasteiger partial charge in [0.2, 0.25) is 17.7 Å². The van der Waals surface area contributed by atoms with Crippen LogP contribution < -0.4 is 5.32 Å². The normalized spacial score (nSPS) is 27.5. The quantitative estimate of drug-likeness (QED) is 0.777. The van der Waals surface area contributed by atoms with Crippen molar-refractivity contribution in [2.45, 2.75) is 50.4 Å². The summed E-state index contributed by atoms with van der Waals surface area (Å²) in [4.78, 5) is 40.3. The van der Waals surface area contributed by atoms with Crippen LogP contribution in [-0.2, 0) is 27.5 Å². The van der Waals surface area contributed by atoms with Gasteiger partial charge in [-0.2, -0.15) is 0 Å². The number of carbonyl (C=O) groups excluding carboxylic acids is 3. The number of benzene rings is 1. The second kappa shape index (κ2) is 7.14. The fourth-order valence-corrected chi connectivity index (χ4v) is 4.33. The Morgan fingerprint density at radius 2 is 1.90 bits per heavy atom. The number of likely N-dealkylation sites (tertiary alicyclic amines) is 1.